The summed E-state index contributed by atoms with van der Waals surface area (Å²) in [5, 5.41) is 12.7. The van der Waals surface area contributed by atoms with Crippen LogP contribution in [0.25, 0.3) is 0 Å². The zero-order valence-corrected chi connectivity index (χ0v) is 12.4. The Morgan fingerprint density at radius 3 is 2.68 bits per heavy atom. The highest BCUT2D eigenvalue weighted by molar-refractivity contribution is 7.80. The van der Waals surface area contributed by atoms with E-state index in [9.17, 15) is 9.59 Å². The van der Waals surface area contributed by atoms with Crippen LogP contribution in [0.3, 0.4) is 0 Å². The van der Waals surface area contributed by atoms with Gasteiger partial charge in [-0.1, -0.05) is 18.2 Å². The first kappa shape index (κ1) is 17.5. The lowest BCUT2D eigenvalue weighted by molar-refractivity contribution is -0.142. The van der Waals surface area contributed by atoms with Crippen molar-refractivity contribution in [1.29, 1.82) is 0 Å². The molecule has 118 valence electrons. The van der Waals surface area contributed by atoms with Crippen LogP contribution in [0, 0.1) is 0 Å². The molecule has 0 aliphatic carbocycles. The molecule has 0 spiro atoms. The number of carbonyl (C=O) groups excluding carboxylic acids is 1. The van der Waals surface area contributed by atoms with Crippen molar-refractivity contribution in [2.24, 2.45) is 10.8 Å². The first-order chi connectivity index (χ1) is 10.5. The quantitative estimate of drug-likeness (QED) is 0.307. The van der Waals surface area contributed by atoms with Crippen LogP contribution in [-0.4, -0.2) is 34.4 Å². The highest BCUT2D eigenvalue weighted by atomic mass is 32.1. The van der Waals surface area contributed by atoms with Crippen molar-refractivity contribution < 1.29 is 19.5 Å². The third kappa shape index (κ3) is 6.77. The number of hydrogen-bond donors (Lipinski definition) is 4. The summed E-state index contributed by atoms with van der Waals surface area (Å²) in [5.74, 6) is -1.80. The van der Waals surface area contributed by atoms with Crippen molar-refractivity contribution in [2.45, 2.75) is 18.9 Å². The Morgan fingerprint density at radius 1 is 1.41 bits per heavy atom. The van der Waals surface area contributed by atoms with Crippen molar-refractivity contribution >= 4 is 35.5 Å². The summed E-state index contributed by atoms with van der Waals surface area (Å²) in [6.07, 6.45) is 1.91. The van der Waals surface area contributed by atoms with Gasteiger partial charge in [-0.3, -0.25) is 10.2 Å². The van der Waals surface area contributed by atoms with Gasteiger partial charge in [0.25, 0.3) is 0 Å². The minimum Gasteiger partial charge on any atom is -0.480 e. The van der Waals surface area contributed by atoms with Crippen LogP contribution in [0.4, 0.5) is 0 Å². The number of nitrogens with two attached hydrogens (primary N) is 1. The molecule has 0 radical (unpaired) electrons. The number of hydrogen-bond acceptors (Lipinski definition) is 6. The van der Waals surface area contributed by atoms with E-state index in [-0.39, 0.29) is 11.5 Å². The highest BCUT2D eigenvalue weighted by Crippen LogP contribution is 2.02. The molecule has 0 unspecified atom stereocenters. The van der Waals surface area contributed by atoms with Crippen molar-refractivity contribution in [1.82, 2.24) is 10.9 Å². The normalized spacial score (nSPS) is 11.8. The number of carboxylic acids is 1. The van der Waals surface area contributed by atoms with E-state index >= 15 is 0 Å². The lowest BCUT2D eigenvalue weighted by Crippen LogP contribution is -2.38. The zero-order valence-electron chi connectivity index (χ0n) is 11.6. The third-order valence-electron chi connectivity index (χ3n) is 2.45. The molecule has 1 aromatic rings. The van der Waals surface area contributed by atoms with E-state index < -0.39 is 18.0 Å². The monoisotopic (exact) mass is 324 g/mol. The first-order valence-corrected chi connectivity index (χ1v) is 6.73. The number of carboxylic acid groups (broad SMARTS) is 1. The first-order valence-electron chi connectivity index (χ1n) is 6.32. The number of nitrogens with one attached hydrogen (secondary N) is 2. The number of thiocarbonyl (C=S) groups is 1. The Labute approximate surface area is 132 Å². The predicted octanol–water partition coefficient (Wildman–Crippen LogP) is 0.400. The number of hydroxylamine groups is 1. The minimum atomic E-state index is -1.14. The van der Waals surface area contributed by atoms with E-state index in [1.165, 1.54) is 6.21 Å². The van der Waals surface area contributed by atoms with Crippen LogP contribution in [0.2, 0.25) is 0 Å². The van der Waals surface area contributed by atoms with E-state index in [1.807, 2.05) is 0 Å². The third-order valence-corrected chi connectivity index (χ3v) is 2.54. The molecular formula is C13H16N4O4S. The molecule has 0 aromatic heterocycles. The van der Waals surface area contributed by atoms with Crippen molar-refractivity contribution in [3.05, 3.63) is 35.9 Å². The standard InChI is InChI=1S/C13H16N4O4S/c14-13(22)16-15-8-4-7-10(11(18)19)17-21-12(20)9-5-2-1-3-6-9/h1-3,5-6,8,10,17H,4,7H2,(H,18,19)(H3,14,16,22)/b15-8-/t10-/m0/s1. The summed E-state index contributed by atoms with van der Waals surface area (Å²) in [5.41, 5.74) is 10.1. The second-order valence-electron chi connectivity index (χ2n) is 4.13. The molecule has 1 rings (SSSR count). The van der Waals surface area contributed by atoms with Crippen LogP contribution in [-0.2, 0) is 9.63 Å². The molecule has 1 atom stereocenters. The van der Waals surface area contributed by atoms with E-state index in [2.05, 4.69) is 28.2 Å². The summed E-state index contributed by atoms with van der Waals surface area (Å²) >= 11 is 4.54. The average Bonchev–Trinajstić information content (AvgIpc) is 2.49. The number of benzene rings is 1. The molecule has 5 N–H and O–H groups in total. The Morgan fingerprint density at radius 2 is 2.09 bits per heavy atom. The van der Waals surface area contributed by atoms with Gasteiger partial charge in [0, 0.05) is 6.21 Å². The molecule has 0 bridgehead atoms. The minimum absolute atomic E-state index is 0.0148. The van der Waals surface area contributed by atoms with Crippen LogP contribution in [0.5, 0.6) is 0 Å². The van der Waals surface area contributed by atoms with Gasteiger partial charge >= 0.3 is 11.9 Å². The summed E-state index contributed by atoms with van der Waals surface area (Å²) in [4.78, 5) is 27.5. The lowest BCUT2D eigenvalue weighted by atomic mass is 10.2. The Hall–Kier alpha value is -2.52. The second kappa shape index (κ2) is 9.42. The number of nitrogens with zero attached hydrogens (tertiary/aromatic N) is 1. The maximum absolute atomic E-state index is 11.7. The molecular weight excluding hydrogens is 308 g/mol. The van der Waals surface area contributed by atoms with Gasteiger partial charge in [-0.15, -0.1) is 5.48 Å². The van der Waals surface area contributed by atoms with E-state index in [0.717, 1.165) is 0 Å². The van der Waals surface area contributed by atoms with Gasteiger partial charge in [-0.05, 0) is 37.2 Å². The average molecular weight is 324 g/mol. The molecule has 0 saturated heterocycles. The van der Waals surface area contributed by atoms with E-state index in [4.69, 9.17) is 15.7 Å². The fourth-order valence-electron chi connectivity index (χ4n) is 1.41. The lowest BCUT2D eigenvalue weighted by Gasteiger charge is -2.12. The zero-order chi connectivity index (χ0) is 16.4. The van der Waals surface area contributed by atoms with Gasteiger partial charge in [0.15, 0.2) is 5.11 Å². The number of carbonyl (C=O) groups is 2. The van der Waals surface area contributed by atoms with Crippen molar-refractivity contribution in [3.8, 4) is 0 Å². The molecule has 8 nitrogen and oxygen atoms in total. The summed E-state index contributed by atoms with van der Waals surface area (Å²) in [6.45, 7) is 0. The molecule has 0 aliphatic rings. The van der Waals surface area contributed by atoms with Gasteiger partial charge in [-0.2, -0.15) is 5.10 Å². The van der Waals surface area contributed by atoms with Crippen LogP contribution in [0.1, 0.15) is 23.2 Å². The Kier molecular flexibility index (Phi) is 7.51. The molecule has 22 heavy (non-hydrogen) atoms. The van der Waals surface area contributed by atoms with E-state index in [1.54, 1.807) is 30.3 Å². The number of hydrazone groups is 1. The number of rotatable bonds is 8. The van der Waals surface area contributed by atoms with Gasteiger partial charge in [-0.25, -0.2) is 4.79 Å². The summed E-state index contributed by atoms with van der Waals surface area (Å²) < 4.78 is 0. The maximum Gasteiger partial charge on any atom is 0.356 e. The molecule has 0 fully saturated rings. The molecule has 9 heteroatoms. The topological polar surface area (TPSA) is 126 Å². The van der Waals surface area contributed by atoms with Crippen molar-refractivity contribution in [2.75, 3.05) is 0 Å². The smallest absolute Gasteiger partial charge is 0.356 e. The van der Waals surface area contributed by atoms with Crippen molar-refractivity contribution in [3.63, 3.8) is 0 Å². The summed E-state index contributed by atoms with van der Waals surface area (Å²) in [6, 6.07) is 7.18. The fourth-order valence-corrected chi connectivity index (χ4v) is 1.46. The predicted molar refractivity (Wildman–Crippen MR) is 84.1 cm³/mol. The second-order valence-corrected chi connectivity index (χ2v) is 4.57. The molecule has 0 amide bonds. The molecule has 1 aromatic carbocycles. The molecule has 0 aliphatic heterocycles. The molecule has 0 saturated carbocycles. The summed E-state index contributed by atoms with van der Waals surface area (Å²) in [7, 11) is 0. The van der Waals surface area contributed by atoms with Gasteiger partial charge in [0.2, 0.25) is 0 Å². The van der Waals surface area contributed by atoms with E-state index in [0.29, 0.717) is 12.0 Å². The van der Waals surface area contributed by atoms with Gasteiger partial charge in [0.05, 0.1) is 5.56 Å². The number of aliphatic carboxylic acids is 1. The highest BCUT2D eigenvalue weighted by Gasteiger charge is 2.19. The SMILES string of the molecule is NC(=S)N/N=C\CC[C@H](NOC(=O)c1ccccc1)C(=O)O. The van der Waals surface area contributed by atoms with Crippen LogP contribution in [0.15, 0.2) is 35.4 Å². The van der Waals surface area contributed by atoms with Gasteiger partial charge < -0.3 is 15.7 Å². The Balaban J connectivity index is 2.41. The van der Waals surface area contributed by atoms with Gasteiger partial charge in [0.1, 0.15) is 6.04 Å². The largest absolute Gasteiger partial charge is 0.480 e. The maximum atomic E-state index is 11.7. The molecule has 0 heterocycles. The van der Waals surface area contributed by atoms with Crippen LogP contribution >= 0.6 is 12.2 Å². The van der Waals surface area contributed by atoms with Crippen LogP contribution < -0.4 is 16.6 Å². The Bertz CT molecular complexity index is 550. The fraction of sp³-hybridized carbons (Fsp3) is 0.231.